The molecule has 0 unspecified atom stereocenters. The molecule has 74 valence electrons. The summed E-state index contributed by atoms with van der Waals surface area (Å²) in [5.41, 5.74) is -1.10. The highest BCUT2D eigenvalue weighted by Gasteiger charge is 2.42. The Kier molecular flexibility index (Phi) is 3.00. The van der Waals surface area contributed by atoms with Gasteiger partial charge in [0.05, 0.1) is 0 Å². The van der Waals surface area contributed by atoms with E-state index < -0.39 is 11.8 Å². The van der Waals surface area contributed by atoms with Crippen LogP contribution in [0.5, 0.6) is 0 Å². The number of hydrogen-bond acceptors (Lipinski definition) is 4. The van der Waals surface area contributed by atoms with Gasteiger partial charge < -0.3 is 9.47 Å². The van der Waals surface area contributed by atoms with Crippen LogP contribution in [0.3, 0.4) is 0 Å². The first-order valence-corrected chi connectivity index (χ1v) is 4.09. The molecule has 0 aromatic rings. The van der Waals surface area contributed by atoms with Crippen LogP contribution in [0.2, 0.25) is 0 Å². The van der Waals surface area contributed by atoms with Gasteiger partial charge in [0.1, 0.15) is 13.2 Å². The summed E-state index contributed by atoms with van der Waals surface area (Å²) >= 11 is 0. The van der Waals surface area contributed by atoms with Crippen LogP contribution in [0.15, 0.2) is 12.2 Å². The predicted molar refractivity (Wildman–Crippen MR) is 45.9 cm³/mol. The smallest absolute Gasteiger partial charge is 0.265 e. The van der Waals surface area contributed by atoms with Crippen LogP contribution < -0.4 is 0 Å². The fraction of sp³-hybridized carbons (Fsp3) is 0.750. The third-order valence-corrected chi connectivity index (χ3v) is 1.91. The van der Waals surface area contributed by atoms with Crippen LogP contribution in [-0.4, -0.2) is 30.0 Å². The topological polar surface area (TPSA) is 61.6 Å². The summed E-state index contributed by atoms with van der Waals surface area (Å²) in [4.78, 5) is 10.2. The van der Waals surface area contributed by atoms with Crippen LogP contribution in [0, 0.1) is 10.1 Å². The maximum atomic E-state index is 10.6. The van der Waals surface area contributed by atoms with E-state index in [2.05, 4.69) is 0 Å². The fourth-order valence-corrected chi connectivity index (χ4v) is 0.987. The standard InChI is InChI=1S/C8H13NO4/c1-3-4-7-12-5-8(2,6-13-7)9(10)11/h3-4,7H,5-6H2,1-2H3/b4-3+. The lowest BCUT2D eigenvalue weighted by atomic mass is 10.1. The Labute approximate surface area is 76.5 Å². The first kappa shape index (κ1) is 10.1. The normalized spacial score (nSPS) is 35.1. The summed E-state index contributed by atoms with van der Waals surface area (Å²) in [6.45, 7) is 3.54. The van der Waals surface area contributed by atoms with Crippen molar-refractivity contribution in [1.29, 1.82) is 0 Å². The molecule has 1 heterocycles. The number of nitrogens with zero attached hydrogens (tertiary/aromatic N) is 1. The van der Waals surface area contributed by atoms with E-state index in [1.165, 1.54) is 6.92 Å². The van der Waals surface area contributed by atoms with Crippen LogP contribution in [-0.2, 0) is 9.47 Å². The fourth-order valence-electron chi connectivity index (χ4n) is 0.987. The lowest BCUT2D eigenvalue weighted by Gasteiger charge is -2.29. The molecule has 0 aromatic carbocycles. The molecule has 0 atom stereocenters. The SMILES string of the molecule is C/C=C/C1OCC(C)([N+](=O)[O-])CO1. The molecule has 0 aliphatic carbocycles. The first-order chi connectivity index (χ1) is 6.08. The highest BCUT2D eigenvalue weighted by atomic mass is 16.7. The lowest BCUT2D eigenvalue weighted by Crippen LogP contribution is -2.50. The van der Waals surface area contributed by atoms with Crippen molar-refractivity contribution >= 4 is 0 Å². The number of nitro groups is 1. The summed E-state index contributed by atoms with van der Waals surface area (Å²) in [5.74, 6) is 0. The highest BCUT2D eigenvalue weighted by molar-refractivity contribution is 4.86. The van der Waals surface area contributed by atoms with Crippen LogP contribution in [0.1, 0.15) is 13.8 Å². The van der Waals surface area contributed by atoms with Gasteiger partial charge in [0, 0.05) is 11.8 Å². The summed E-state index contributed by atoms with van der Waals surface area (Å²) in [7, 11) is 0. The minimum Gasteiger partial charge on any atom is -0.341 e. The van der Waals surface area contributed by atoms with E-state index in [9.17, 15) is 10.1 Å². The maximum absolute atomic E-state index is 10.6. The highest BCUT2D eigenvalue weighted by Crippen LogP contribution is 2.18. The Bertz CT molecular complexity index is 218. The third kappa shape index (κ3) is 2.26. The van der Waals surface area contributed by atoms with Gasteiger partial charge >= 0.3 is 0 Å². The number of ether oxygens (including phenoxy) is 2. The molecular weight excluding hydrogens is 174 g/mol. The van der Waals surface area contributed by atoms with Crippen molar-refractivity contribution in [2.75, 3.05) is 13.2 Å². The second-order valence-corrected chi connectivity index (χ2v) is 3.27. The van der Waals surface area contributed by atoms with Crippen molar-refractivity contribution in [1.82, 2.24) is 0 Å². The quantitative estimate of drug-likeness (QED) is 0.367. The Morgan fingerprint density at radius 3 is 2.46 bits per heavy atom. The molecular formula is C8H13NO4. The molecule has 13 heavy (non-hydrogen) atoms. The molecule has 0 amide bonds. The zero-order valence-corrected chi connectivity index (χ0v) is 7.73. The van der Waals surface area contributed by atoms with Gasteiger partial charge in [0.2, 0.25) is 0 Å². The molecule has 5 nitrogen and oxygen atoms in total. The van der Waals surface area contributed by atoms with E-state index in [1.807, 2.05) is 6.92 Å². The zero-order chi connectivity index (χ0) is 9.90. The Balaban J connectivity index is 2.51. The van der Waals surface area contributed by atoms with E-state index in [-0.39, 0.29) is 18.1 Å². The second kappa shape index (κ2) is 3.85. The van der Waals surface area contributed by atoms with Crippen molar-refractivity contribution in [3.05, 3.63) is 22.3 Å². The van der Waals surface area contributed by atoms with Gasteiger partial charge in [-0.15, -0.1) is 0 Å². The molecule has 0 N–H and O–H groups in total. The molecule has 1 aliphatic heterocycles. The number of rotatable bonds is 2. The van der Waals surface area contributed by atoms with Gasteiger partial charge in [-0.05, 0) is 13.0 Å². The minimum atomic E-state index is -1.10. The summed E-state index contributed by atoms with van der Waals surface area (Å²) in [5, 5.41) is 10.6. The van der Waals surface area contributed by atoms with Crippen molar-refractivity contribution in [3.8, 4) is 0 Å². The number of allylic oxidation sites excluding steroid dienone is 1. The third-order valence-electron chi connectivity index (χ3n) is 1.91. The van der Waals surface area contributed by atoms with Crippen LogP contribution in [0.25, 0.3) is 0 Å². The summed E-state index contributed by atoms with van der Waals surface area (Å²) < 4.78 is 10.3. The Hall–Kier alpha value is -0.940. The van der Waals surface area contributed by atoms with E-state index in [1.54, 1.807) is 12.2 Å². The van der Waals surface area contributed by atoms with Crippen LogP contribution >= 0.6 is 0 Å². The van der Waals surface area contributed by atoms with E-state index in [4.69, 9.17) is 9.47 Å². The van der Waals surface area contributed by atoms with E-state index in [0.717, 1.165) is 0 Å². The van der Waals surface area contributed by atoms with Gasteiger partial charge in [-0.25, -0.2) is 0 Å². The molecule has 0 saturated carbocycles. The van der Waals surface area contributed by atoms with Crippen molar-refractivity contribution in [3.63, 3.8) is 0 Å². The summed E-state index contributed by atoms with van der Waals surface area (Å²) in [6.07, 6.45) is 3.08. The van der Waals surface area contributed by atoms with Crippen molar-refractivity contribution < 1.29 is 14.4 Å². The van der Waals surface area contributed by atoms with Gasteiger partial charge in [0.25, 0.3) is 5.54 Å². The van der Waals surface area contributed by atoms with E-state index >= 15 is 0 Å². The second-order valence-electron chi connectivity index (χ2n) is 3.27. The van der Waals surface area contributed by atoms with Gasteiger partial charge in [-0.1, -0.05) is 6.08 Å². The first-order valence-electron chi connectivity index (χ1n) is 4.09. The molecule has 5 heteroatoms. The molecule has 0 aromatic heterocycles. The van der Waals surface area contributed by atoms with Crippen LogP contribution in [0.4, 0.5) is 0 Å². The predicted octanol–water partition coefficient (Wildman–Crippen LogP) is 0.971. The monoisotopic (exact) mass is 187 g/mol. The summed E-state index contributed by atoms with van der Waals surface area (Å²) in [6, 6.07) is 0. The zero-order valence-electron chi connectivity index (χ0n) is 7.73. The molecule has 0 radical (unpaired) electrons. The molecule has 1 fully saturated rings. The average Bonchev–Trinajstić information content (AvgIpc) is 2.09. The van der Waals surface area contributed by atoms with Crippen molar-refractivity contribution in [2.45, 2.75) is 25.7 Å². The number of hydrogen-bond donors (Lipinski definition) is 0. The maximum Gasteiger partial charge on any atom is 0.265 e. The molecule has 0 bridgehead atoms. The Morgan fingerprint density at radius 2 is 2.08 bits per heavy atom. The molecule has 1 saturated heterocycles. The largest absolute Gasteiger partial charge is 0.341 e. The molecule has 1 aliphatic rings. The minimum absolute atomic E-state index is 0.0923. The Morgan fingerprint density at radius 1 is 1.54 bits per heavy atom. The van der Waals surface area contributed by atoms with Gasteiger partial charge in [0.15, 0.2) is 6.29 Å². The van der Waals surface area contributed by atoms with Crippen molar-refractivity contribution in [2.24, 2.45) is 0 Å². The average molecular weight is 187 g/mol. The van der Waals surface area contributed by atoms with Gasteiger partial charge in [-0.3, -0.25) is 10.1 Å². The molecule has 1 rings (SSSR count). The molecule has 0 spiro atoms. The van der Waals surface area contributed by atoms with Gasteiger partial charge in [-0.2, -0.15) is 0 Å². The lowest BCUT2D eigenvalue weighted by molar-refractivity contribution is -0.585. The van der Waals surface area contributed by atoms with E-state index in [0.29, 0.717) is 0 Å².